The van der Waals surface area contributed by atoms with Gasteiger partial charge in [0.2, 0.25) is 0 Å². The third kappa shape index (κ3) is 9.11. The summed E-state index contributed by atoms with van der Waals surface area (Å²) in [5.74, 6) is 1.43. The average molecular weight is 393 g/mol. The molecule has 1 aliphatic heterocycles. The van der Waals surface area contributed by atoms with E-state index in [2.05, 4.69) is 23.8 Å². The number of hydrogen-bond acceptors (Lipinski definition) is 3. The zero-order chi connectivity index (χ0) is 20.0. The summed E-state index contributed by atoms with van der Waals surface area (Å²) in [6.07, 6.45) is 25.9. The van der Waals surface area contributed by atoms with Crippen molar-refractivity contribution in [2.24, 2.45) is 11.8 Å². The van der Waals surface area contributed by atoms with Crippen molar-refractivity contribution in [2.75, 3.05) is 7.11 Å². The van der Waals surface area contributed by atoms with Gasteiger partial charge in [0.25, 0.3) is 0 Å². The van der Waals surface area contributed by atoms with E-state index in [-0.39, 0.29) is 5.97 Å². The lowest BCUT2D eigenvalue weighted by Crippen LogP contribution is -2.22. The molecule has 0 radical (unpaired) electrons. The average Bonchev–Trinajstić information content (AvgIpc) is 3.49. The lowest BCUT2D eigenvalue weighted by Gasteiger charge is -2.27. The van der Waals surface area contributed by atoms with Gasteiger partial charge in [0, 0.05) is 12.3 Å². The first-order chi connectivity index (χ1) is 13.8. The third-order valence-corrected chi connectivity index (χ3v) is 6.63. The lowest BCUT2D eigenvalue weighted by atomic mass is 9.77. The first-order valence-electron chi connectivity index (χ1n) is 12.1. The van der Waals surface area contributed by atoms with E-state index in [1.54, 1.807) is 0 Å². The molecule has 0 bridgehead atoms. The number of carbonyl (C=O) groups excluding carboxylic acids is 1. The van der Waals surface area contributed by atoms with Crippen LogP contribution in [0.4, 0.5) is 0 Å². The van der Waals surface area contributed by atoms with Crippen LogP contribution in [-0.4, -0.2) is 25.3 Å². The Morgan fingerprint density at radius 2 is 1.79 bits per heavy atom. The van der Waals surface area contributed by atoms with Gasteiger partial charge in [-0.2, -0.15) is 0 Å². The van der Waals surface area contributed by atoms with Crippen molar-refractivity contribution >= 4 is 5.97 Å². The summed E-state index contributed by atoms with van der Waals surface area (Å²) in [7, 11) is 1.47. The summed E-state index contributed by atoms with van der Waals surface area (Å²) in [5.41, 5.74) is 0. The SMILES string of the molecule is CCCCCC1OC1C(C=CCCCCCCCC(=O)OC)C1CCCCC1. The highest BCUT2D eigenvalue weighted by atomic mass is 16.6. The van der Waals surface area contributed by atoms with Crippen LogP contribution in [-0.2, 0) is 14.3 Å². The predicted octanol–water partition coefficient (Wildman–Crippen LogP) is 6.99. The molecule has 2 fully saturated rings. The van der Waals surface area contributed by atoms with Crippen LogP contribution in [0.15, 0.2) is 12.2 Å². The number of allylic oxidation sites excluding steroid dienone is 1. The Morgan fingerprint density at radius 1 is 1.04 bits per heavy atom. The molecule has 0 aromatic rings. The summed E-state index contributed by atoms with van der Waals surface area (Å²) in [4.78, 5) is 11.1. The van der Waals surface area contributed by atoms with Crippen molar-refractivity contribution in [3.63, 3.8) is 0 Å². The maximum atomic E-state index is 11.1. The molecule has 2 rings (SSSR count). The van der Waals surface area contributed by atoms with Crippen molar-refractivity contribution in [1.82, 2.24) is 0 Å². The first-order valence-corrected chi connectivity index (χ1v) is 12.1. The molecule has 162 valence electrons. The monoisotopic (exact) mass is 392 g/mol. The topological polar surface area (TPSA) is 38.8 Å². The molecule has 3 atom stereocenters. The first kappa shape index (κ1) is 23.4. The zero-order valence-electron chi connectivity index (χ0n) is 18.5. The Kier molecular flexibility index (Phi) is 11.9. The van der Waals surface area contributed by atoms with Gasteiger partial charge in [-0.3, -0.25) is 4.79 Å². The molecule has 0 spiro atoms. The minimum absolute atomic E-state index is 0.0769. The molecule has 3 unspecified atom stereocenters. The van der Waals surface area contributed by atoms with Crippen molar-refractivity contribution in [3.8, 4) is 0 Å². The van der Waals surface area contributed by atoms with E-state index in [4.69, 9.17) is 4.74 Å². The summed E-state index contributed by atoms with van der Waals surface area (Å²) < 4.78 is 10.8. The normalized spacial score (nSPS) is 23.8. The second-order valence-electron chi connectivity index (χ2n) is 8.92. The maximum absolute atomic E-state index is 11.1. The molecule has 2 aliphatic rings. The van der Waals surface area contributed by atoms with Crippen molar-refractivity contribution < 1.29 is 14.3 Å². The number of epoxide rings is 1. The van der Waals surface area contributed by atoms with Crippen molar-refractivity contribution in [3.05, 3.63) is 12.2 Å². The number of carbonyl (C=O) groups is 1. The molecular formula is C25H44O3. The molecule has 28 heavy (non-hydrogen) atoms. The summed E-state index contributed by atoms with van der Waals surface area (Å²) in [6.45, 7) is 2.28. The summed E-state index contributed by atoms with van der Waals surface area (Å²) >= 11 is 0. The van der Waals surface area contributed by atoms with Crippen molar-refractivity contribution in [1.29, 1.82) is 0 Å². The second-order valence-corrected chi connectivity index (χ2v) is 8.92. The fourth-order valence-electron chi connectivity index (χ4n) is 4.79. The van der Waals surface area contributed by atoms with Gasteiger partial charge in [-0.25, -0.2) is 0 Å². The largest absolute Gasteiger partial charge is 0.469 e. The highest BCUT2D eigenvalue weighted by molar-refractivity contribution is 5.68. The predicted molar refractivity (Wildman–Crippen MR) is 116 cm³/mol. The summed E-state index contributed by atoms with van der Waals surface area (Å²) in [5, 5.41) is 0. The highest BCUT2D eigenvalue weighted by Crippen LogP contribution is 2.42. The fraction of sp³-hybridized carbons (Fsp3) is 0.880. The maximum Gasteiger partial charge on any atom is 0.305 e. The lowest BCUT2D eigenvalue weighted by molar-refractivity contribution is -0.140. The molecule has 0 aromatic carbocycles. The van der Waals surface area contributed by atoms with Crippen LogP contribution < -0.4 is 0 Å². The van der Waals surface area contributed by atoms with E-state index in [1.165, 1.54) is 90.6 Å². The number of ether oxygens (including phenoxy) is 2. The van der Waals surface area contributed by atoms with E-state index in [9.17, 15) is 4.79 Å². The molecule has 1 heterocycles. The van der Waals surface area contributed by atoms with Gasteiger partial charge in [-0.05, 0) is 44.4 Å². The Hall–Kier alpha value is -0.830. The Labute approximate surface area is 173 Å². The van der Waals surface area contributed by atoms with Gasteiger partial charge >= 0.3 is 5.97 Å². The van der Waals surface area contributed by atoms with Crippen LogP contribution in [0, 0.1) is 11.8 Å². The molecule has 1 saturated heterocycles. The Balaban J connectivity index is 1.63. The number of methoxy groups -OCH3 is 1. The van der Waals surface area contributed by atoms with E-state index >= 15 is 0 Å². The van der Waals surface area contributed by atoms with Gasteiger partial charge in [-0.1, -0.05) is 76.9 Å². The number of esters is 1. The molecule has 0 amide bonds. The summed E-state index contributed by atoms with van der Waals surface area (Å²) in [6, 6.07) is 0. The van der Waals surface area contributed by atoms with Gasteiger partial charge in [0.1, 0.15) is 0 Å². The fourth-order valence-corrected chi connectivity index (χ4v) is 4.79. The van der Waals surface area contributed by atoms with Crippen LogP contribution in [0.2, 0.25) is 0 Å². The van der Waals surface area contributed by atoms with Crippen LogP contribution in [0.5, 0.6) is 0 Å². The number of rotatable bonds is 15. The number of hydrogen-bond donors (Lipinski definition) is 0. The second kappa shape index (κ2) is 14.2. The minimum atomic E-state index is -0.0769. The molecule has 1 saturated carbocycles. The Morgan fingerprint density at radius 3 is 2.54 bits per heavy atom. The van der Waals surface area contributed by atoms with E-state index in [0.717, 1.165) is 18.8 Å². The van der Waals surface area contributed by atoms with Crippen LogP contribution >= 0.6 is 0 Å². The van der Waals surface area contributed by atoms with Crippen LogP contribution in [0.25, 0.3) is 0 Å². The third-order valence-electron chi connectivity index (χ3n) is 6.63. The van der Waals surface area contributed by atoms with Gasteiger partial charge < -0.3 is 9.47 Å². The Bertz CT molecular complexity index is 439. The van der Waals surface area contributed by atoms with Crippen molar-refractivity contribution in [2.45, 2.75) is 122 Å². The van der Waals surface area contributed by atoms with Gasteiger partial charge in [0.15, 0.2) is 0 Å². The molecule has 3 nitrogen and oxygen atoms in total. The van der Waals surface area contributed by atoms with Crippen LogP contribution in [0.1, 0.15) is 110 Å². The smallest absolute Gasteiger partial charge is 0.305 e. The molecule has 1 aliphatic carbocycles. The molecular weight excluding hydrogens is 348 g/mol. The molecule has 3 heteroatoms. The van der Waals surface area contributed by atoms with E-state index < -0.39 is 0 Å². The van der Waals surface area contributed by atoms with E-state index in [1.807, 2.05) is 0 Å². The van der Waals surface area contributed by atoms with E-state index in [0.29, 0.717) is 24.5 Å². The highest BCUT2D eigenvalue weighted by Gasteiger charge is 2.45. The molecule has 0 aromatic heterocycles. The standard InChI is InChI=1S/C25H44O3/c1-3-4-11-19-23-25(28-23)22(21-16-12-10-13-17-21)18-14-8-6-5-7-9-15-20-24(26)27-2/h14,18,21-23,25H,3-13,15-17,19-20H2,1-2H3. The van der Waals surface area contributed by atoms with Gasteiger partial charge in [-0.15, -0.1) is 0 Å². The zero-order valence-corrected chi connectivity index (χ0v) is 18.5. The quantitative estimate of drug-likeness (QED) is 0.130. The van der Waals surface area contributed by atoms with Crippen LogP contribution in [0.3, 0.4) is 0 Å². The minimum Gasteiger partial charge on any atom is -0.469 e. The van der Waals surface area contributed by atoms with Gasteiger partial charge in [0.05, 0.1) is 19.3 Å². The number of unbranched alkanes of at least 4 members (excludes halogenated alkanes) is 7. The molecule has 0 N–H and O–H groups in total.